The SMILES string of the molecule is O=C(Nc1ccc(Cl)cn1)c1csc(-c2ccsc2)n1. The van der Waals surface area contributed by atoms with E-state index in [2.05, 4.69) is 15.3 Å². The third-order valence-electron chi connectivity index (χ3n) is 2.47. The van der Waals surface area contributed by atoms with E-state index in [1.165, 1.54) is 17.5 Å². The molecule has 100 valence electrons. The van der Waals surface area contributed by atoms with Crippen LogP contribution in [0, 0.1) is 0 Å². The Morgan fingerprint density at radius 2 is 2.15 bits per heavy atom. The minimum Gasteiger partial charge on any atom is -0.305 e. The first-order valence-corrected chi connectivity index (χ1v) is 7.83. The number of rotatable bonds is 3. The predicted molar refractivity (Wildman–Crippen MR) is 82.6 cm³/mol. The van der Waals surface area contributed by atoms with Gasteiger partial charge in [0.1, 0.15) is 16.5 Å². The quantitative estimate of drug-likeness (QED) is 0.787. The first-order chi connectivity index (χ1) is 9.72. The van der Waals surface area contributed by atoms with Crippen LogP contribution < -0.4 is 5.32 Å². The number of carbonyl (C=O) groups is 1. The van der Waals surface area contributed by atoms with E-state index >= 15 is 0 Å². The summed E-state index contributed by atoms with van der Waals surface area (Å²) in [7, 11) is 0. The monoisotopic (exact) mass is 321 g/mol. The second-order valence-corrected chi connectivity index (χ2v) is 5.94. The number of amides is 1. The molecule has 1 amide bonds. The Bertz CT molecular complexity index is 722. The number of anilines is 1. The van der Waals surface area contributed by atoms with Crippen molar-refractivity contribution in [2.24, 2.45) is 0 Å². The van der Waals surface area contributed by atoms with E-state index < -0.39 is 0 Å². The molecular weight excluding hydrogens is 314 g/mol. The largest absolute Gasteiger partial charge is 0.305 e. The van der Waals surface area contributed by atoms with Gasteiger partial charge in [0.05, 0.1) is 5.02 Å². The van der Waals surface area contributed by atoms with Crippen molar-refractivity contribution in [3.05, 3.63) is 51.3 Å². The maximum atomic E-state index is 12.0. The highest BCUT2D eigenvalue weighted by atomic mass is 35.5. The van der Waals surface area contributed by atoms with Crippen molar-refractivity contribution in [3.63, 3.8) is 0 Å². The molecule has 20 heavy (non-hydrogen) atoms. The Kier molecular flexibility index (Phi) is 3.77. The van der Waals surface area contributed by atoms with Gasteiger partial charge in [0.15, 0.2) is 0 Å². The van der Waals surface area contributed by atoms with E-state index in [1.807, 2.05) is 16.8 Å². The van der Waals surface area contributed by atoms with E-state index in [4.69, 9.17) is 11.6 Å². The van der Waals surface area contributed by atoms with E-state index in [-0.39, 0.29) is 5.91 Å². The molecule has 0 fully saturated rings. The van der Waals surface area contributed by atoms with Gasteiger partial charge >= 0.3 is 0 Å². The number of thiophene rings is 1. The molecule has 3 rings (SSSR count). The molecule has 4 nitrogen and oxygen atoms in total. The number of hydrogen-bond acceptors (Lipinski definition) is 5. The number of carbonyl (C=O) groups excluding carboxylic acids is 1. The fourth-order valence-electron chi connectivity index (χ4n) is 1.53. The Morgan fingerprint density at radius 3 is 2.85 bits per heavy atom. The van der Waals surface area contributed by atoms with Crippen LogP contribution in [0.1, 0.15) is 10.5 Å². The van der Waals surface area contributed by atoms with Crippen LogP contribution in [0.15, 0.2) is 40.5 Å². The molecule has 0 spiro atoms. The molecule has 0 unspecified atom stereocenters. The molecule has 3 aromatic rings. The third-order valence-corrected chi connectivity index (χ3v) is 4.27. The van der Waals surface area contributed by atoms with E-state index in [9.17, 15) is 4.79 Å². The van der Waals surface area contributed by atoms with Gasteiger partial charge in [-0.2, -0.15) is 11.3 Å². The van der Waals surface area contributed by atoms with Gasteiger partial charge in [-0.25, -0.2) is 9.97 Å². The summed E-state index contributed by atoms with van der Waals surface area (Å²) < 4.78 is 0. The second kappa shape index (κ2) is 5.70. The second-order valence-electron chi connectivity index (χ2n) is 3.87. The molecule has 7 heteroatoms. The maximum absolute atomic E-state index is 12.0. The zero-order chi connectivity index (χ0) is 13.9. The Labute approximate surface area is 128 Å². The van der Waals surface area contributed by atoms with Gasteiger partial charge in [-0.15, -0.1) is 11.3 Å². The molecule has 0 bridgehead atoms. The van der Waals surface area contributed by atoms with Crippen molar-refractivity contribution in [2.45, 2.75) is 0 Å². The standard InChI is InChI=1S/C13H8ClN3OS2/c14-9-1-2-11(15-5-9)17-12(18)10-7-20-13(16-10)8-3-4-19-6-8/h1-7H,(H,15,17,18). The van der Waals surface area contributed by atoms with Crippen molar-refractivity contribution in [1.82, 2.24) is 9.97 Å². The van der Waals surface area contributed by atoms with E-state index in [0.717, 1.165) is 10.6 Å². The number of halogens is 1. The van der Waals surface area contributed by atoms with Crippen LogP contribution in [0.2, 0.25) is 5.02 Å². The van der Waals surface area contributed by atoms with Gasteiger partial charge in [-0.1, -0.05) is 11.6 Å². The fraction of sp³-hybridized carbons (Fsp3) is 0. The maximum Gasteiger partial charge on any atom is 0.276 e. The summed E-state index contributed by atoms with van der Waals surface area (Å²) in [4.78, 5) is 20.4. The van der Waals surface area contributed by atoms with Crippen molar-refractivity contribution >= 4 is 46.0 Å². The molecule has 0 saturated carbocycles. The highest BCUT2D eigenvalue weighted by Gasteiger charge is 2.12. The highest BCUT2D eigenvalue weighted by molar-refractivity contribution is 7.14. The van der Waals surface area contributed by atoms with E-state index in [0.29, 0.717) is 16.5 Å². The van der Waals surface area contributed by atoms with Gasteiger partial charge in [-0.05, 0) is 23.6 Å². The van der Waals surface area contributed by atoms with Crippen LogP contribution in [0.4, 0.5) is 5.82 Å². The fourth-order valence-corrected chi connectivity index (χ4v) is 3.15. The highest BCUT2D eigenvalue weighted by Crippen LogP contribution is 2.25. The molecule has 0 aliphatic heterocycles. The van der Waals surface area contributed by atoms with Gasteiger partial charge in [0.25, 0.3) is 5.91 Å². The van der Waals surface area contributed by atoms with Crippen molar-refractivity contribution in [1.29, 1.82) is 0 Å². The predicted octanol–water partition coefficient (Wildman–Crippen LogP) is 4.17. The Morgan fingerprint density at radius 1 is 1.25 bits per heavy atom. The third kappa shape index (κ3) is 2.87. The lowest BCUT2D eigenvalue weighted by Crippen LogP contribution is -2.13. The first kappa shape index (κ1) is 13.2. The number of hydrogen-bond donors (Lipinski definition) is 1. The topological polar surface area (TPSA) is 54.9 Å². The van der Waals surface area contributed by atoms with Crippen LogP contribution in [-0.4, -0.2) is 15.9 Å². The first-order valence-electron chi connectivity index (χ1n) is 5.63. The van der Waals surface area contributed by atoms with Crippen molar-refractivity contribution < 1.29 is 4.79 Å². The zero-order valence-electron chi connectivity index (χ0n) is 10.0. The molecule has 3 aromatic heterocycles. The lowest BCUT2D eigenvalue weighted by atomic mass is 10.3. The van der Waals surface area contributed by atoms with Gasteiger partial charge in [0.2, 0.25) is 0 Å². The average Bonchev–Trinajstić information content (AvgIpc) is 3.11. The van der Waals surface area contributed by atoms with Gasteiger partial charge in [0, 0.05) is 22.5 Å². The summed E-state index contributed by atoms with van der Waals surface area (Å²) in [5.41, 5.74) is 1.41. The van der Waals surface area contributed by atoms with Crippen LogP contribution in [0.3, 0.4) is 0 Å². The Hall–Kier alpha value is -1.76. The minimum atomic E-state index is -0.280. The molecule has 0 radical (unpaired) electrons. The van der Waals surface area contributed by atoms with E-state index in [1.54, 1.807) is 28.8 Å². The van der Waals surface area contributed by atoms with Crippen LogP contribution in [-0.2, 0) is 0 Å². The van der Waals surface area contributed by atoms with Crippen molar-refractivity contribution in [3.8, 4) is 10.6 Å². The molecule has 0 aliphatic rings. The Balaban J connectivity index is 1.76. The average molecular weight is 322 g/mol. The lowest BCUT2D eigenvalue weighted by Gasteiger charge is -2.01. The summed E-state index contributed by atoms with van der Waals surface area (Å²) in [6.45, 7) is 0. The van der Waals surface area contributed by atoms with Crippen molar-refractivity contribution in [2.75, 3.05) is 5.32 Å². The molecule has 0 atom stereocenters. The smallest absolute Gasteiger partial charge is 0.276 e. The van der Waals surface area contributed by atoms with Gasteiger partial charge < -0.3 is 5.32 Å². The summed E-state index contributed by atoms with van der Waals surface area (Å²) in [6.07, 6.45) is 1.48. The van der Waals surface area contributed by atoms with Crippen LogP contribution >= 0.6 is 34.3 Å². The normalized spacial score (nSPS) is 10.4. The summed E-state index contributed by atoms with van der Waals surface area (Å²) in [5.74, 6) is 0.169. The number of thiazole rings is 1. The van der Waals surface area contributed by atoms with Crippen LogP contribution in [0.25, 0.3) is 10.6 Å². The number of aromatic nitrogens is 2. The zero-order valence-corrected chi connectivity index (χ0v) is 12.4. The molecule has 1 N–H and O–H groups in total. The molecule has 0 aromatic carbocycles. The number of nitrogens with one attached hydrogen (secondary N) is 1. The van der Waals surface area contributed by atoms with Crippen LogP contribution in [0.5, 0.6) is 0 Å². The summed E-state index contributed by atoms with van der Waals surface area (Å²) in [6, 6.07) is 5.29. The number of nitrogens with zero attached hydrogens (tertiary/aromatic N) is 2. The number of pyridine rings is 1. The molecule has 3 heterocycles. The lowest BCUT2D eigenvalue weighted by molar-refractivity contribution is 0.102. The van der Waals surface area contributed by atoms with Gasteiger partial charge in [-0.3, -0.25) is 4.79 Å². The minimum absolute atomic E-state index is 0.280. The molecule has 0 aliphatic carbocycles. The summed E-state index contributed by atoms with van der Waals surface area (Å²) >= 11 is 8.78. The molecular formula is C13H8ClN3OS2. The molecule has 0 saturated heterocycles. The summed E-state index contributed by atoms with van der Waals surface area (Å²) in [5, 5.41) is 9.76.